The molecular weight excluding hydrogens is 396 g/mol. The molecule has 7 heteroatoms. The van der Waals surface area contributed by atoms with Crippen molar-refractivity contribution in [3.63, 3.8) is 0 Å². The minimum absolute atomic E-state index is 0.102. The molecule has 2 N–H and O–H groups in total. The van der Waals surface area contributed by atoms with E-state index in [9.17, 15) is 4.79 Å². The fraction of sp³-hybridized carbons (Fsp3) is 0.421. The van der Waals surface area contributed by atoms with Gasteiger partial charge in [-0.25, -0.2) is 9.97 Å². The average molecular weight is 421 g/mol. The van der Waals surface area contributed by atoms with Crippen LogP contribution in [0.15, 0.2) is 16.6 Å². The SMILES string of the molecule is CCN(CC)C(=O)c1c(C)nc(N)nc1COc1c(C)cc(Br)cc1C. The zero-order valence-corrected chi connectivity index (χ0v) is 17.5. The summed E-state index contributed by atoms with van der Waals surface area (Å²) in [5.41, 5.74) is 9.37. The first-order chi connectivity index (χ1) is 12.3. The molecule has 0 fully saturated rings. The Morgan fingerprint density at radius 1 is 1.15 bits per heavy atom. The summed E-state index contributed by atoms with van der Waals surface area (Å²) in [6.07, 6.45) is 0. The third-order valence-corrected chi connectivity index (χ3v) is 4.68. The van der Waals surface area contributed by atoms with Crippen LogP contribution in [-0.4, -0.2) is 33.9 Å². The highest BCUT2D eigenvalue weighted by Crippen LogP contribution is 2.28. The Kier molecular flexibility index (Phi) is 6.58. The molecule has 6 nitrogen and oxygen atoms in total. The number of hydrogen-bond acceptors (Lipinski definition) is 5. The van der Waals surface area contributed by atoms with E-state index < -0.39 is 0 Å². The number of rotatable bonds is 6. The summed E-state index contributed by atoms with van der Waals surface area (Å²) in [7, 11) is 0. The van der Waals surface area contributed by atoms with Crippen molar-refractivity contribution in [1.82, 2.24) is 14.9 Å². The van der Waals surface area contributed by atoms with Crippen molar-refractivity contribution in [2.45, 2.75) is 41.2 Å². The standard InChI is InChI=1S/C19H25BrN4O2/c1-6-24(7-2)18(25)16-13(5)22-19(21)23-15(16)10-26-17-11(3)8-14(20)9-12(17)4/h8-9H,6-7,10H2,1-5H3,(H2,21,22,23). The maximum absolute atomic E-state index is 12.9. The number of nitrogen functional groups attached to an aromatic ring is 1. The molecule has 26 heavy (non-hydrogen) atoms. The number of nitrogens with two attached hydrogens (primary N) is 1. The van der Waals surface area contributed by atoms with Crippen LogP contribution in [-0.2, 0) is 6.61 Å². The first kappa shape index (κ1) is 20.2. The Labute approximate surface area is 162 Å². The second-order valence-electron chi connectivity index (χ2n) is 6.12. The average Bonchev–Trinajstić information content (AvgIpc) is 2.54. The second kappa shape index (κ2) is 8.49. The predicted octanol–water partition coefficient (Wildman–Crippen LogP) is 3.81. The highest BCUT2D eigenvalue weighted by molar-refractivity contribution is 9.10. The van der Waals surface area contributed by atoms with Crippen LogP contribution in [0.1, 0.15) is 46.7 Å². The fourth-order valence-corrected chi connectivity index (χ4v) is 3.66. The van der Waals surface area contributed by atoms with Gasteiger partial charge >= 0.3 is 0 Å². The summed E-state index contributed by atoms with van der Waals surface area (Å²) < 4.78 is 7.02. The van der Waals surface area contributed by atoms with Gasteiger partial charge in [0.15, 0.2) is 0 Å². The summed E-state index contributed by atoms with van der Waals surface area (Å²) >= 11 is 3.48. The molecule has 0 saturated heterocycles. The first-order valence-corrected chi connectivity index (χ1v) is 9.39. The summed E-state index contributed by atoms with van der Waals surface area (Å²) in [6.45, 7) is 11.0. The van der Waals surface area contributed by atoms with Crippen molar-refractivity contribution in [2.24, 2.45) is 0 Å². The Bertz CT molecular complexity index is 796. The number of benzene rings is 1. The molecule has 2 rings (SSSR count). The van der Waals surface area contributed by atoms with Crippen molar-refractivity contribution in [1.29, 1.82) is 0 Å². The zero-order chi connectivity index (χ0) is 19.4. The fourth-order valence-electron chi connectivity index (χ4n) is 2.97. The van der Waals surface area contributed by atoms with Gasteiger partial charge in [-0.3, -0.25) is 4.79 Å². The Morgan fingerprint density at radius 3 is 2.27 bits per heavy atom. The Hall–Kier alpha value is -2.15. The topological polar surface area (TPSA) is 81.3 Å². The molecule has 1 aromatic carbocycles. The van der Waals surface area contributed by atoms with Crippen LogP contribution in [0.2, 0.25) is 0 Å². The van der Waals surface area contributed by atoms with E-state index in [0.29, 0.717) is 30.0 Å². The van der Waals surface area contributed by atoms with Crippen LogP contribution in [0.3, 0.4) is 0 Å². The zero-order valence-electron chi connectivity index (χ0n) is 15.9. The van der Waals surface area contributed by atoms with Crippen molar-refractivity contribution >= 4 is 27.8 Å². The maximum atomic E-state index is 12.9. The van der Waals surface area contributed by atoms with Crippen LogP contribution in [0.5, 0.6) is 5.75 Å². The van der Waals surface area contributed by atoms with Gasteiger partial charge in [-0.05, 0) is 57.9 Å². The van der Waals surface area contributed by atoms with Crippen LogP contribution in [0.25, 0.3) is 0 Å². The van der Waals surface area contributed by atoms with Gasteiger partial charge in [0.1, 0.15) is 12.4 Å². The van der Waals surface area contributed by atoms with Gasteiger partial charge in [0, 0.05) is 17.6 Å². The van der Waals surface area contributed by atoms with Crippen LogP contribution >= 0.6 is 15.9 Å². The number of aryl methyl sites for hydroxylation is 3. The van der Waals surface area contributed by atoms with Gasteiger partial charge in [0.25, 0.3) is 5.91 Å². The number of carbonyl (C=O) groups is 1. The summed E-state index contributed by atoms with van der Waals surface area (Å²) in [5.74, 6) is 0.820. The molecule has 1 heterocycles. The summed E-state index contributed by atoms with van der Waals surface area (Å²) in [4.78, 5) is 23.1. The minimum atomic E-state index is -0.102. The van der Waals surface area contributed by atoms with E-state index in [1.54, 1.807) is 11.8 Å². The van der Waals surface area contributed by atoms with Crippen molar-refractivity contribution in [2.75, 3.05) is 18.8 Å². The highest BCUT2D eigenvalue weighted by Gasteiger charge is 2.22. The van der Waals surface area contributed by atoms with Crippen LogP contribution < -0.4 is 10.5 Å². The van der Waals surface area contributed by atoms with E-state index in [2.05, 4.69) is 25.9 Å². The number of carbonyl (C=O) groups excluding carboxylic acids is 1. The van der Waals surface area contributed by atoms with Gasteiger partial charge < -0.3 is 15.4 Å². The quantitative estimate of drug-likeness (QED) is 0.767. The molecule has 0 unspecified atom stereocenters. The van der Waals surface area contributed by atoms with Crippen LogP contribution in [0.4, 0.5) is 5.95 Å². The number of aromatic nitrogens is 2. The summed E-state index contributed by atoms with van der Waals surface area (Å²) in [5, 5.41) is 0. The molecule has 2 aromatic rings. The number of nitrogens with zero attached hydrogens (tertiary/aromatic N) is 3. The molecule has 0 saturated carbocycles. The van der Waals surface area contributed by atoms with Gasteiger partial charge in [-0.1, -0.05) is 15.9 Å². The van der Waals surface area contributed by atoms with Crippen molar-refractivity contribution in [3.05, 3.63) is 44.7 Å². The maximum Gasteiger partial charge on any atom is 0.257 e. The lowest BCUT2D eigenvalue weighted by Gasteiger charge is -2.21. The number of anilines is 1. The normalized spacial score (nSPS) is 10.7. The molecule has 0 radical (unpaired) electrons. The lowest BCUT2D eigenvalue weighted by atomic mass is 10.1. The van der Waals surface area contributed by atoms with E-state index >= 15 is 0 Å². The van der Waals surface area contributed by atoms with E-state index in [1.165, 1.54) is 0 Å². The van der Waals surface area contributed by atoms with Gasteiger partial charge in [-0.2, -0.15) is 0 Å². The largest absolute Gasteiger partial charge is 0.487 e. The minimum Gasteiger partial charge on any atom is -0.487 e. The van der Waals surface area contributed by atoms with E-state index in [4.69, 9.17) is 10.5 Å². The molecule has 0 aliphatic heterocycles. The lowest BCUT2D eigenvalue weighted by molar-refractivity contribution is 0.0768. The summed E-state index contributed by atoms with van der Waals surface area (Å²) in [6, 6.07) is 3.98. The van der Waals surface area contributed by atoms with Gasteiger partial charge in [-0.15, -0.1) is 0 Å². The Balaban J connectivity index is 2.39. The molecular formula is C19H25BrN4O2. The lowest BCUT2D eigenvalue weighted by Crippen LogP contribution is -2.32. The molecule has 140 valence electrons. The Morgan fingerprint density at radius 2 is 1.73 bits per heavy atom. The van der Waals surface area contributed by atoms with Crippen molar-refractivity contribution in [3.8, 4) is 5.75 Å². The molecule has 1 aromatic heterocycles. The first-order valence-electron chi connectivity index (χ1n) is 8.60. The molecule has 0 aliphatic carbocycles. The van der Waals surface area contributed by atoms with Gasteiger partial charge in [0.05, 0.1) is 17.0 Å². The smallest absolute Gasteiger partial charge is 0.257 e. The number of amides is 1. The third-order valence-electron chi connectivity index (χ3n) is 4.22. The van der Waals surface area contributed by atoms with E-state index in [1.807, 2.05) is 39.8 Å². The van der Waals surface area contributed by atoms with E-state index in [-0.39, 0.29) is 18.5 Å². The molecule has 0 spiro atoms. The van der Waals surface area contributed by atoms with Crippen molar-refractivity contribution < 1.29 is 9.53 Å². The molecule has 0 atom stereocenters. The second-order valence-corrected chi connectivity index (χ2v) is 7.04. The highest BCUT2D eigenvalue weighted by atomic mass is 79.9. The van der Waals surface area contributed by atoms with Gasteiger partial charge in [0.2, 0.25) is 5.95 Å². The van der Waals surface area contributed by atoms with Crippen LogP contribution in [0, 0.1) is 20.8 Å². The molecule has 1 amide bonds. The third kappa shape index (κ3) is 4.33. The number of hydrogen-bond donors (Lipinski definition) is 1. The predicted molar refractivity (Wildman–Crippen MR) is 106 cm³/mol. The number of ether oxygens (including phenoxy) is 1. The number of halogens is 1. The molecule has 0 aliphatic rings. The van der Waals surface area contributed by atoms with E-state index in [0.717, 1.165) is 21.3 Å². The monoisotopic (exact) mass is 420 g/mol. The molecule has 0 bridgehead atoms.